The van der Waals surface area contributed by atoms with Crippen LogP contribution in [-0.2, 0) is 0 Å². The minimum Gasteiger partial charge on any atom is -0.291 e. The van der Waals surface area contributed by atoms with Gasteiger partial charge in [-0.25, -0.2) is 0 Å². The lowest BCUT2D eigenvalue weighted by molar-refractivity contribution is -0.523. The lowest BCUT2D eigenvalue weighted by atomic mass is 9.99. The van der Waals surface area contributed by atoms with Gasteiger partial charge in [-0.2, -0.15) is 0 Å². The molecular formula is C18H24N3+. The summed E-state index contributed by atoms with van der Waals surface area (Å²) in [5.41, 5.74) is 8.66. The van der Waals surface area contributed by atoms with Crippen molar-refractivity contribution in [3.63, 3.8) is 0 Å². The Balaban J connectivity index is 2.36. The van der Waals surface area contributed by atoms with E-state index in [0.29, 0.717) is 0 Å². The molecule has 2 rings (SSSR count). The largest absolute Gasteiger partial charge is 0.344 e. The molecule has 0 spiro atoms. The van der Waals surface area contributed by atoms with Gasteiger partial charge in [0.05, 0.1) is 13.1 Å². The van der Waals surface area contributed by atoms with Crippen LogP contribution in [-0.4, -0.2) is 23.6 Å². The van der Waals surface area contributed by atoms with E-state index in [1.807, 2.05) is 12.1 Å². The SMILES string of the molecule is CC[N+](CC)=C(N)NC(c1ccccc1)c1ccccc1. The van der Waals surface area contributed by atoms with Gasteiger partial charge in [0.2, 0.25) is 0 Å². The second-order valence-electron chi connectivity index (χ2n) is 4.96. The summed E-state index contributed by atoms with van der Waals surface area (Å²) in [6, 6.07) is 20.8. The smallest absolute Gasteiger partial charge is 0.291 e. The molecule has 2 aromatic rings. The van der Waals surface area contributed by atoms with Gasteiger partial charge in [-0.1, -0.05) is 60.7 Å². The Bertz CT molecular complexity index is 530. The zero-order chi connectivity index (χ0) is 15.1. The van der Waals surface area contributed by atoms with Crippen molar-refractivity contribution in [1.82, 2.24) is 5.32 Å². The molecule has 3 heteroatoms. The average molecular weight is 282 g/mol. The predicted octanol–water partition coefficient (Wildman–Crippen LogP) is 2.73. The second-order valence-corrected chi connectivity index (χ2v) is 4.96. The van der Waals surface area contributed by atoms with Gasteiger partial charge < -0.3 is 0 Å². The molecule has 110 valence electrons. The summed E-state index contributed by atoms with van der Waals surface area (Å²) in [6.07, 6.45) is 0. The van der Waals surface area contributed by atoms with Crippen LogP contribution in [0.2, 0.25) is 0 Å². The zero-order valence-corrected chi connectivity index (χ0v) is 12.8. The standard InChI is InChI=1S/C18H23N3/c1-3-21(4-2)18(19)20-17(15-11-7-5-8-12-15)16-13-9-6-10-14-16/h5-14,17H,3-4H2,1-2H3,(H2,19,20)/p+1. The summed E-state index contributed by atoms with van der Waals surface area (Å²) < 4.78 is 2.12. The summed E-state index contributed by atoms with van der Waals surface area (Å²) in [5.74, 6) is 0.720. The number of nitrogens with two attached hydrogens (primary N) is 1. The van der Waals surface area contributed by atoms with Crippen LogP contribution in [0.1, 0.15) is 31.0 Å². The molecule has 0 amide bonds. The zero-order valence-electron chi connectivity index (χ0n) is 12.8. The third-order valence-corrected chi connectivity index (χ3v) is 3.66. The number of hydrogen-bond donors (Lipinski definition) is 2. The van der Waals surface area contributed by atoms with Crippen molar-refractivity contribution in [3.8, 4) is 0 Å². The molecule has 0 fully saturated rings. The van der Waals surface area contributed by atoms with Crippen LogP contribution in [0.25, 0.3) is 0 Å². The van der Waals surface area contributed by atoms with Gasteiger partial charge in [-0.15, -0.1) is 0 Å². The van der Waals surface area contributed by atoms with E-state index in [9.17, 15) is 0 Å². The molecule has 2 aromatic carbocycles. The summed E-state index contributed by atoms with van der Waals surface area (Å²) in [5, 5.41) is 3.47. The molecule has 0 heterocycles. The molecule has 0 bridgehead atoms. The quantitative estimate of drug-likeness (QED) is 0.503. The summed E-state index contributed by atoms with van der Waals surface area (Å²) >= 11 is 0. The first kappa shape index (κ1) is 15.1. The van der Waals surface area contributed by atoms with Crippen LogP contribution in [0, 0.1) is 0 Å². The lowest BCUT2D eigenvalue weighted by Crippen LogP contribution is -2.43. The van der Waals surface area contributed by atoms with Crippen molar-refractivity contribution in [1.29, 1.82) is 0 Å². The topological polar surface area (TPSA) is 41.1 Å². The Morgan fingerprint density at radius 2 is 1.33 bits per heavy atom. The first-order chi connectivity index (χ1) is 10.3. The van der Waals surface area contributed by atoms with Crippen LogP contribution >= 0.6 is 0 Å². The molecule has 0 saturated carbocycles. The Hall–Kier alpha value is -2.29. The van der Waals surface area contributed by atoms with E-state index in [-0.39, 0.29) is 6.04 Å². The van der Waals surface area contributed by atoms with E-state index >= 15 is 0 Å². The highest BCUT2D eigenvalue weighted by Gasteiger charge is 2.19. The Labute approximate surface area is 127 Å². The third kappa shape index (κ3) is 3.85. The molecule has 0 unspecified atom stereocenters. The van der Waals surface area contributed by atoms with Crippen molar-refractivity contribution >= 4 is 5.96 Å². The normalized spacial score (nSPS) is 10.4. The highest BCUT2D eigenvalue weighted by atomic mass is 15.2. The molecule has 0 aliphatic carbocycles. The first-order valence-electron chi connectivity index (χ1n) is 7.50. The van der Waals surface area contributed by atoms with E-state index in [2.05, 4.69) is 72.3 Å². The fraction of sp³-hybridized carbons (Fsp3) is 0.278. The van der Waals surface area contributed by atoms with Gasteiger partial charge >= 0.3 is 5.96 Å². The molecule has 0 aliphatic heterocycles. The van der Waals surface area contributed by atoms with Crippen LogP contribution in [0.15, 0.2) is 60.7 Å². The van der Waals surface area contributed by atoms with Gasteiger partial charge in [0, 0.05) is 0 Å². The third-order valence-electron chi connectivity index (χ3n) is 3.66. The lowest BCUT2D eigenvalue weighted by Gasteiger charge is -2.18. The van der Waals surface area contributed by atoms with Gasteiger partial charge in [0.15, 0.2) is 0 Å². The van der Waals surface area contributed by atoms with E-state index in [0.717, 1.165) is 19.0 Å². The van der Waals surface area contributed by atoms with Crippen LogP contribution in [0.5, 0.6) is 0 Å². The molecule has 3 N–H and O–H groups in total. The molecule has 0 radical (unpaired) electrons. The van der Waals surface area contributed by atoms with Crippen molar-refractivity contribution in [3.05, 3.63) is 71.8 Å². The van der Waals surface area contributed by atoms with E-state index < -0.39 is 0 Å². The maximum absolute atomic E-state index is 6.25. The number of nitrogens with zero attached hydrogens (tertiary/aromatic N) is 1. The minimum absolute atomic E-state index is 0.0630. The molecule has 3 nitrogen and oxygen atoms in total. The maximum atomic E-state index is 6.25. The van der Waals surface area contributed by atoms with Crippen molar-refractivity contribution in [2.24, 2.45) is 5.73 Å². The van der Waals surface area contributed by atoms with Crippen molar-refractivity contribution in [2.75, 3.05) is 13.1 Å². The van der Waals surface area contributed by atoms with Gasteiger partial charge in [-0.3, -0.25) is 15.6 Å². The summed E-state index contributed by atoms with van der Waals surface area (Å²) in [7, 11) is 0. The molecule has 0 aliphatic rings. The highest BCUT2D eigenvalue weighted by molar-refractivity contribution is 5.73. The van der Waals surface area contributed by atoms with E-state index in [1.54, 1.807) is 0 Å². The minimum atomic E-state index is 0.0630. The fourth-order valence-corrected chi connectivity index (χ4v) is 2.45. The number of benzene rings is 2. The Morgan fingerprint density at radius 3 is 1.71 bits per heavy atom. The van der Waals surface area contributed by atoms with Crippen molar-refractivity contribution in [2.45, 2.75) is 19.9 Å². The number of nitrogens with one attached hydrogen (secondary N) is 1. The van der Waals surface area contributed by atoms with Crippen molar-refractivity contribution < 1.29 is 4.58 Å². The van der Waals surface area contributed by atoms with Gasteiger partial charge in [0.25, 0.3) is 0 Å². The van der Waals surface area contributed by atoms with E-state index in [1.165, 1.54) is 11.1 Å². The summed E-state index contributed by atoms with van der Waals surface area (Å²) in [4.78, 5) is 0. The monoisotopic (exact) mass is 282 g/mol. The molecule has 0 atom stereocenters. The van der Waals surface area contributed by atoms with Gasteiger partial charge in [-0.05, 0) is 25.0 Å². The molecule has 0 saturated heterocycles. The average Bonchev–Trinajstić information content (AvgIpc) is 2.55. The Kier molecular flexibility index (Phi) is 5.38. The second kappa shape index (κ2) is 7.48. The fourth-order valence-electron chi connectivity index (χ4n) is 2.45. The number of hydrogen-bond acceptors (Lipinski definition) is 0. The first-order valence-corrected chi connectivity index (χ1v) is 7.50. The molecular weight excluding hydrogens is 258 g/mol. The van der Waals surface area contributed by atoms with Gasteiger partial charge in [0.1, 0.15) is 6.04 Å². The number of rotatable bonds is 5. The molecule has 0 aromatic heterocycles. The molecule has 21 heavy (non-hydrogen) atoms. The highest BCUT2D eigenvalue weighted by Crippen LogP contribution is 2.21. The van der Waals surface area contributed by atoms with Crippen LogP contribution < -0.4 is 11.1 Å². The maximum Gasteiger partial charge on any atom is 0.344 e. The Morgan fingerprint density at radius 1 is 0.905 bits per heavy atom. The van der Waals surface area contributed by atoms with Crippen LogP contribution in [0.3, 0.4) is 0 Å². The van der Waals surface area contributed by atoms with Crippen LogP contribution in [0.4, 0.5) is 0 Å². The summed E-state index contributed by atoms with van der Waals surface area (Å²) in [6.45, 7) is 6.01. The number of guanidine groups is 1. The predicted molar refractivity (Wildman–Crippen MR) is 88.4 cm³/mol. The van der Waals surface area contributed by atoms with E-state index in [4.69, 9.17) is 5.73 Å².